The number of rotatable bonds is 6. The number of halogens is 3. The third-order valence-electron chi connectivity index (χ3n) is 5.80. The Bertz CT molecular complexity index is 1360. The second-order valence-electron chi connectivity index (χ2n) is 8.46. The van der Waals surface area contributed by atoms with E-state index in [-0.39, 0.29) is 45.6 Å². The van der Waals surface area contributed by atoms with Crippen LogP contribution in [0.2, 0.25) is 0 Å². The highest BCUT2D eigenvalue weighted by atomic mass is 32.2. The van der Waals surface area contributed by atoms with Gasteiger partial charge in [-0.15, -0.1) is 0 Å². The molecule has 13 heteroatoms. The molecule has 4 N–H and O–H groups in total. The molecular weight excluding hydrogens is 485 g/mol. The van der Waals surface area contributed by atoms with Crippen LogP contribution in [0.5, 0.6) is 0 Å². The van der Waals surface area contributed by atoms with Crippen LogP contribution in [-0.2, 0) is 20.8 Å². The smallest absolute Gasteiger partial charge is 0.359 e. The number of aromatic nitrogens is 3. The van der Waals surface area contributed by atoms with Gasteiger partial charge >= 0.3 is 6.18 Å². The van der Waals surface area contributed by atoms with Gasteiger partial charge in [-0.3, -0.25) is 4.79 Å². The number of aromatic amines is 1. The minimum atomic E-state index is -4.73. The molecule has 0 saturated carbocycles. The predicted molar refractivity (Wildman–Crippen MR) is 125 cm³/mol. The highest BCUT2D eigenvalue weighted by Crippen LogP contribution is 2.39. The van der Waals surface area contributed by atoms with Crippen molar-refractivity contribution in [3.63, 3.8) is 0 Å². The minimum absolute atomic E-state index is 0.00381. The number of alkyl halides is 3. The number of carbonyl (C=O) groups excluding carboxylic acids is 1. The first-order valence-electron chi connectivity index (χ1n) is 11.0. The molecule has 188 valence electrons. The molecule has 3 aromatic rings. The highest BCUT2D eigenvalue weighted by Gasteiger charge is 2.36. The van der Waals surface area contributed by atoms with Crippen molar-refractivity contribution in [2.24, 2.45) is 0 Å². The number of hydrogen-bond acceptors (Lipinski definition) is 7. The summed E-state index contributed by atoms with van der Waals surface area (Å²) >= 11 is 0. The molecule has 4 rings (SSSR count). The maximum atomic E-state index is 13.8. The second-order valence-corrected chi connectivity index (χ2v) is 10.4. The Morgan fingerprint density at radius 1 is 1.23 bits per heavy atom. The van der Waals surface area contributed by atoms with Crippen molar-refractivity contribution in [1.29, 1.82) is 0 Å². The number of para-hydroxylation sites is 1. The standard InChI is InChI=1S/C22H25F3N6O3S/c1-3-18(32)29-12-7-13(9-26-8-12)30-21-28-11-16(22(23,24)25)19(31-21)15-10-27-20-14(15)5-4-6-17(20)35(2,33)34/h4-6,10-13,26-27H,3,7-9H2,1-2H3,(H,29,32)(H,28,30,31)/t12-,13+/m0/s1. The van der Waals surface area contributed by atoms with Crippen LogP contribution in [0.15, 0.2) is 35.5 Å². The zero-order chi connectivity index (χ0) is 25.4. The third-order valence-corrected chi connectivity index (χ3v) is 6.94. The zero-order valence-electron chi connectivity index (χ0n) is 19.0. The molecule has 2 aromatic heterocycles. The Kier molecular flexibility index (Phi) is 6.73. The van der Waals surface area contributed by atoms with E-state index in [1.807, 2.05) is 0 Å². The maximum absolute atomic E-state index is 13.8. The van der Waals surface area contributed by atoms with E-state index in [4.69, 9.17) is 0 Å². The first-order valence-corrected chi connectivity index (χ1v) is 12.9. The lowest BCUT2D eigenvalue weighted by molar-refractivity contribution is -0.137. The number of piperidine rings is 1. The normalized spacial score (nSPS) is 19.0. The summed E-state index contributed by atoms with van der Waals surface area (Å²) in [7, 11) is -3.62. The number of amides is 1. The molecule has 0 aliphatic carbocycles. The Morgan fingerprint density at radius 2 is 1.97 bits per heavy atom. The molecule has 1 amide bonds. The van der Waals surface area contributed by atoms with E-state index in [1.54, 1.807) is 6.92 Å². The van der Waals surface area contributed by atoms with E-state index >= 15 is 0 Å². The number of carbonyl (C=O) groups is 1. The Morgan fingerprint density at radius 3 is 2.66 bits per heavy atom. The molecule has 1 fully saturated rings. The molecule has 1 aliphatic rings. The number of anilines is 1. The summed E-state index contributed by atoms with van der Waals surface area (Å²) in [6.45, 7) is 2.85. The Hall–Kier alpha value is -3.19. The largest absolute Gasteiger partial charge is 0.419 e. The number of fused-ring (bicyclic) bond motifs is 1. The minimum Gasteiger partial charge on any atom is -0.359 e. The number of sulfone groups is 1. The summed E-state index contributed by atoms with van der Waals surface area (Å²) in [5, 5.41) is 9.44. The van der Waals surface area contributed by atoms with Gasteiger partial charge in [0, 0.05) is 61.2 Å². The van der Waals surface area contributed by atoms with Gasteiger partial charge < -0.3 is 20.9 Å². The fourth-order valence-corrected chi connectivity index (χ4v) is 5.04. The van der Waals surface area contributed by atoms with Crippen molar-refractivity contribution in [3.8, 4) is 11.3 Å². The SMILES string of the molecule is CCC(=O)N[C@@H]1CNC[C@H](Nc2ncc(C(F)(F)F)c(-c3c[nH]c4c(S(C)(=O)=O)cccc34)n2)C1. The van der Waals surface area contributed by atoms with Crippen LogP contribution in [0.4, 0.5) is 19.1 Å². The Balaban J connectivity index is 1.71. The highest BCUT2D eigenvalue weighted by molar-refractivity contribution is 7.91. The maximum Gasteiger partial charge on any atom is 0.419 e. The predicted octanol–water partition coefficient (Wildman–Crippen LogP) is 2.72. The van der Waals surface area contributed by atoms with E-state index in [2.05, 4.69) is 30.9 Å². The molecule has 2 atom stereocenters. The molecule has 0 bridgehead atoms. The van der Waals surface area contributed by atoms with Crippen LogP contribution in [0.25, 0.3) is 22.2 Å². The lowest BCUT2D eigenvalue weighted by Gasteiger charge is -2.31. The fraction of sp³-hybridized carbons (Fsp3) is 0.409. The van der Waals surface area contributed by atoms with Crippen molar-refractivity contribution in [2.75, 3.05) is 24.7 Å². The van der Waals surface area contributed by atoms with Crippen LogP contribution in [0.1, 0.15) is 25.3 Å². The average Bonchev–Trinajstić information content (AvgIpc) is 3.22. The van der Waals surface area contributed by atoms with Crippen LogP contribution >= 0.6 is 0 Å². The number of nitrogens with one attached hydrogen (secondary N) is 4. The summed E-state index contributed by atoms with van der Waals surface area (Å²) in [5.74, 6) is -0.0887. The van der Waals surface area contributed by atoms with Crippen molar-refractivity contribution >= 4 is 32.6 Å². The molecule has 1 aliphatic heterocycles. The molecule has 0 unspecified atom stereocenters. The van der Waals surface area contributed by atoms with Crippen LogP contribution < -0.4 is 16.0 Å². The quantitative estimate of drug-likeness (QED) is 0.401. The molecule has 1 aromatic carbocycles. The number of hydrogen-bond donors (Lipinski definition) is 4. The topological polar surface area (TPSA) is 129 Å². The first-order chi connectivity index (χ1) is 16.5. The van der Waals surface area contributed by atoms with Gasteiger partial charge in [0.2, 0.25) is 11.9 Å². The molecule has 35 heavy (non-hydrogen) atoms. The summed E-state index contributed by atoms with van der Waals surface area (Å²) in [6.07, 6.45) is -0.761. The van der Waals surface area contributed by atoms with Crippen LogP contribution in [0, 0.1) is 0 Å². The zero-order valence-corrected chi connectivity index (χ0v) is 19.8. The van der Waals surface area contributed by atoms with E-state index in [1.165, 1.54) is 24.4 Å². The van der Waals surface area contributed by atoms with E-state index in [0.29, 0.717) is 31.3 Å². The summed E-state index contributed by atoms with van der Waals surface area (Å²) < 4.78 is 65.8. The van der Waals surface area contributed by atoms with Gasteiger partial charge in [-0.2, -0.15) is 13.2 Å². The average molecular weight is 511 g/mol. The van der Waals surface area contributed by atoms with Gasteiger partial charge in [0.1, 0.15) is 5.56 Å². The van der Waals surface area contributed by atoms with Gasteiger partial charge in [0.15, 0.2) is 9.84 Å². The third kappa shape index (κ3) is 5.40. The van der Waals surface area contributed by atoms with Gasteiger partial charge in [0.05, 0.1) is 16.1 Å². The van der Waals surface area contributed by atoms with E-state index < -0.39 is 21.6 Å². The van der Waals surface area contributed by atoms with Crippen molar-refractivity contribution in [1.82, 2.24) is 25.6 Å². The van der Waals surface area contributed by atoms with Gasteiger partial charge in [-0.1, -0.05) is 19.1 Å². The molecule has 9 nitrogen and oxygen atoms in total. The van der Waals surface area contributed by atoms with E-state index in [0.717, 1.165) is 12.5 Å². The van der Waals surface area contributed by atoms with Gasteiger partial charge in [0.25, 0.3) is 0 Å². The van der Waals surface area contributed by atoms with E-state index in [9.17, 15) is 26.4 Å². The lowest BCUT2D eigenvalue weighted by Crippen LogP contribution is -2.52. The number of H-pyrrole nitrogens is 1. The Labute approximate surface area is 199 Å². The summed E-state index contributed by atoms with van der Waals surface area (Å²) in [6, 6.07) is 4.04. The monoisotopic (exact) mass is 510 g/mol. The fourth-order valence-electron chi connectivity index (χ4n) is 4.17. The summed E-state index contributed by atoms with van der Waals surface area (Å²) in [5.41, 5.74) is -1.09. The van der Waals surface area contributed by atoms with Crippen molar-refractivity contribution < 1.29 is 26.4 Å². The number of benzene rings is 1. The molecular formula is C22H25F3N6O3S. The molecule has 0 radical (unpaired) electrons. The molecule has 3 heterocycles. The van der Waals surface area contributed by atoms with Gasteiger partial charge in [-0.25, -0.2) is 18.4 Å². The van der Waals surface area contributed by atoms with Crippen LogP contribution in [0.3, 0.4) is 0 Å². The summed E-state index contributed by atoms with van der Waals surface area (Å²) in [4.78, 5) is 22.6. The number of nitrogens with zero attached hydrogens (tertiary/aromatic N) is 2. The second kappa shape index (κ2) is 9.46. The lowest BCUT2D eigenvalue weighted by atomic mass is 10.0. The van der Waals surface area contributed by atoms with Gasteiger partial charge in [-0.05, 0) is 12.5 Å². The molecule has 1 saturated heterocycles. The first kappa shape index (κ1) is 24.9. The molecule has 0 spiro atoms. The van der Waals surface area contributed by atoms with Crippen molar-refractivity contribution in [3.05, 3.63) is 36.2 Å². The van der Waals surface area contributed by atoms with Crippen molar-refractivity contribution in [2.45, 2.75) is 42.9 Å². The van der Waals surface area contributed by atoms with Crippen LogP contribution in [-0.4, -0.2) is 60.7 Å².